The van der Waals surface area contributed by atoms with Gasteiger partial charge in [-0.25, -0.2) is 4.39 Å². The molecule has 0 bridgehead atoms. The number of benzene rings is 2. The fourth-order valence-electron chi connectivity index (χ4n) is 4.15. The summed E-state index contributed by atoms with van der Waals surface area (Å²) in [6.45, 7) is 3.65. The largest absolute Gasteiger partial charge is 0.425 e. The van der Waals surface area contributed by atoms with E-state index in [9.17, 15) is 27.5 Å². The maximum absolute atomic E-state index is 14.6. The van der Waals surface area contributed by atoms with Gasteiger partial charge < -0.3 is 25.0 Å². The van der Waals surface area contributed by atoms with E-state index in [0.717, 1.165) is 24.5 Å². The van der Waals surface area contributed by atoms with E-state index in [1.54, 1.807) is 0 Å². The van der Waals surface area contributed by atoms with Crippen LogP contribution in [0.1, 0.15) is 16.7 Å². The molecule has 0 fully saturated rings. The van der Waals surface area contributed by atoms with E-state index >= 15 is 0 Å². The topological polar surface area (TPSA) is 83.0 Å². The summed E-state index contributed by atoms with van der Waals surface area (Å²) in [4.78, 5) is 12.8. The Labute approximate surface area is 203 Å². The first-order chi connectivity index (χ1) is 17.0. The van der Waals surface area contributed by atoms with Crippen molar-refractivity contribution >= 4 is 28.5 Å². The monoisotopic (exact) mass is 498 g/mol. The third-order valence-electron chi connectivity index (χ3n) is 5.98. The molecule has 186 valence electrons. The van der Waals surface area contributed by atoms with Crippen molar-refractivity contribution in [1.82, 2.24) is 9.13 Å². The maximum atomic E-state index is 14.6. The number of hydrogen-bond acceptors (Lipinski definition) is 4. The van der Waals surface area contributed by atoms with Gasteiger partial charge in [0.1, 0.15) is 11.3 Å². The summed E-state index contributed by atoms with van der Waals surface area (Å²) in [7, 11) is 1.48. The molecule has 0 saturated carbocycles. The predicted molar refractivity (Wildman–Crippen MR) is 130 cm³/mol. The highest BCUT2D eigenvalue weighted by Gasteiger charge is 2.57. The molecule has 10 heteroatoms. The standard InChI is InChI=1S/C26H22F4N4O2/c1-3-11-34-15-21(20-10-12-33(2)24(35)23(20)34)25(36,26(28,29)30)17-4-9-22(16(13-17)14-31)32-19-7-5-18(27)6-8-19/h3-10,12-15,31-32,36H,1,11H2,2H3. The van der Waals surface area contributed by atoms with E-state index < -0.39 is 34.3 Å². The van der Waals surface area contributed by atoms with Gasteiger partial charge in [-0.1, -0.05) is 12.1 Å². The number of rotatable bonds is 7. The minimum absolute atomic E-state index is 0.000510. The van der Waals surface area contributed by atoms with Gasteiger partial charge in [-0.15, -0.1) is 6.58 Å². The quantitative estimate of drug-likeness (QED) is 0.186. The molecule has 36 heavy (non-hydrogen) atoms. The van der Waals surface area contributed by atoms with E-state index in [1.165, 1.54) is 64.9 Å². The number of hydrogen-bond donors (Lipinski definition) is 3. The Bertz CT molecular complexity index is 1520. The smallest absolute Gasteiger partial charge is 0.372 e. The summed E-state index contributed by atoms with van der Waals surface area (Å²) in [5.74, 6) is -0.455. The Balaban J connectivity index is 1.92. The van der Waals surface area contributed by atoms with Crippen molar-refractivity contribution in [3.63, 3.8) is 0 Å². The van der Waals surface area contributed by atoms with Gasteiger partial charge in [0.25, 0.3) is 5.56 Å². The second-order valence-electron chi connectivity index (χ2n) is 8.26. The van der Waals surface area contributed by atoms with Crippen LogP contribution in [0, 0.1) is 11.2 Å². The summed E-state index contributed by atoms with van der Waals surface area (Å²) < 4.78 is 59.7. The summed E-state index contributed by atoms with van der Waals surface area (Å²) >= 11 is 0. The minimum atomic E-state index is -5.17. The van der Waals surface area contributed by atoms with Crippen LogP contribution in [0.25, 0.3) is 10.9 Å². The molecule has 0 aliphatic heterocycles. The average molecular weight is 498 g/mol. The number of nitrogens with zero attached hydrogens (tertiary/aromatic N) is 2. The molecule has 2 heterocycles. The molecule has 0 radical (unpaired) electrons. The fourth-order valence-corrected chi connectivity index (χ4v) is 4.15. The van der Waals surface area contributed by atoms with Crippen LogP contribution in [-0.4, -0.2) is 26.6 Å². The Morgan fingerprint density at radius 1 is 1.14 bits per heavy atom. The Morgan fingerprint density at radius 2 is 1.83 bits per heavy atom. The highest BCUT2D eigenvalue weighted by molar-refractivity contribution is 5.89. The molecule has 6 nitrogen and oxygen atoms in total. The molecule has 0 aliphatic rings. The lowest BCUT2D eigenvalue weighted by atomic mass is 9.84. The number of anilines is 2. The van der Waals surface area contributed by atoms with Crippen LogP contribution >= 0.6 is 0 Å². The molecule has 0 saturated heterocycles. The molecule has 3 N–H and O–H groups in total. The lowest BCUT2D eigenvalue weighted by Gasteiger charge is -2.31. The zero-order valence-electron chi connectivity index (χ0n) is 19.1. The van der Waals surface area contributed by atoms with E-state index in [-0.39, 0.29) is 28.7 Å². The van der Waals surface area contributed by atoms with Crippen LogP contribution in [-0.2, 0) is 19.2 Å². The highest BCUT2D eigenvalue weighted by Crippen LogP contribution is 2.47. The van der Waals surface area contributed by atoms with E-state index in [4.69, 9.17) is 5.41 Å². The zero-order chi connectivity index (χ0) is 26.3. The molecule has 0 amide bonds. The summed E-state index contributed by atoms with van der Waals surface area (Å²) in [5, 5.41) is 22.0. The van der Waals surface area contributed by atoms with Crippen LogP contribution < -0.4 is 10.9 Å². The minimum Gasteiger partial charge on any atom is -0.372 e. The van der Waals surface area contributed by atoms with Crippen LogP contribution in [0.4, 0.5) is 28.9 Å². The number of aliphatic hydroxyl groups is 1. The van der Waals surface area contributed by atoms with Gasteiger partial charge in [0.05, 0.1) is 0 Å². The van der Waals surface area contributed by atoms with Gasteiger partial charge in [-0.2, -0.15) is 13.2 Å². The summed E-state index contributed by atoms with van der Waals surface area (Å²) in [6, 6.07) is 10.1. The first-order valence-electron chi connectivity index (χ1n) is 10.8. The third kappa shape index (κ3) is 4.09. The first kappa shape index (κ1) is 24.9. The molecule has 2 aromatic heterocycles. The molecular weight excluding hydrogens is 476 g/mol. The Morgan fingerprint density at radius 3 is 2.44 bits per heavy atom. The molecule has 4 rings (SSSR count). The third-order valence-corrected chi connectivity index (χ3v) is 5.98. The summed E-state index contributed by atoms with van der Waals surface area (Å²) in [6.07, 6.45) is -0.446. The van der Waals surface area contributed by atoms with Crippen LogP contribution in [0.5, 0.6) is 0 Å². The van der Waals surface area contributed by atoms with Crippen LogP contribution in [0.2, 0.25) is 0 Å². The number of halogens is 4. The molecule has 1 unspecified atom stereocenters. The van der Waals surface area contributed by atoms with Crippen molar-refractivity contribution < 1.29 is 22.7 Å². The number of aryl methyl sites for hydroxylation is 1. The van der Waals surface area contributed by atoms with Gasteiger partial charge in [0, 0.05) is 60.1 Å². The normalized spacial score (nSPS) is 13.4. The van der Waals surface area contributed by atoms with Crippen molar-refractivity contribution in [3.05, 3.63) is 106 Å². The second-order valence-corrected chi connectivity index (χ2v) is 8.26. The van der Waals surface area contributed by atoms with Gasteiger partial charge in [-0.05, 0) is 48.0 Å². The number of allylic oxidation sites excluding steroid dienone is 1. The first-order valence-corrected chi connectivity index (χ1v) is 10.8. The number of alkyl halides is 3. The Kier molecular flexibility index (Phi) is 6.32. The van der Waals surface area contributed by atoms with Gasteiger partial charge >= 0.3 is 6.18 Å². The van der Waals surface area contributed by atoms with Gasteiger partial charge in [-0.3, -0.25) is 4.79 Å². The molecule has 0 spiro atoms. The van der Waals surface area contributed by atoms with Crippen molar-refractivity contribution in [1.29, 1.82) is 5.41 Å². The van der Waals surface area contributed by atoms with Crippen molar-refractivity contribution in [3.8, 4) is 0 Å². The number of aromatic nitrogens is 2. The second kappa shape index (κ2) is 9.12. The maximum Gasteiger partial charge on any atom is 0.425 e. The van der Waals surface area contributed by atoms with Crippen molar-refractivity contribution in [2.45, 2.75) is 18.3 Å². The van der Waals surface area contributed by atoms with Crippen LogP contribution in [0.3, 0.4) is 0 Å². The fraction of sp³-hybridized carbons (Fsp3) is 0.154. The zero-order valence-corrected chi connectivity index (χ0v) is 19.1. The van der Waals surface area contributed by atoms with E-state index in [2.05, 4.69) is 11.9 Å². The van der Waals surface area contributed by atoms with E-state index in [0.29, 0.717) is 5.69 Å². The number of pyridine rings is 1. The lowest BCUT2D eigenvalue weighted by molar-refractivity contribution is -0.247. The molecular formula is C26H22F4N4O2. The molecule has 2 aromatic carbocycles. The van der Waals surface area contributed by atoms with E-state index in [1.807, 2.05) is 0 Å². The molecule has 4 aromatic rings. The number of nitrogens with one attached hydrogen (secondary N) is 2. The number of fused-ring (bicyclic) bond motifs is 1. The van der Waals surface area contributed by atoms with Crippen molar-refractivity contribution in [2.24, 2.45) is 7.05 Å². The molecule has 1 atom stereocenters. The Hall–Kier alpha value is -4.18. The average Bonchev–Trinajstić information content (AvgIpc) is 3.21. The highest BCUT2D eigenvalue weighted by atomic mass is 19.4. The van der Waals surface area contributed by atoms with Crippen molar-refractivity contribution in [2.75, 3.05) is 5.32 Å². The summed E-state index contributed by atoms with van der Waals surface area (Å²) in [5.41, 5.74) is -4.25. The van der Waals surface area contributed by atoms with Gasteiger partial charge in [0.2, 0.25) is 5.60 Å². The predicted octanol–water partition coefficient (Wildman–Crippen LogP) is 5.20. The molecule has 0 aliphatic carbocycles. The lowest BCUT2D eigenvalue weighted by Crippen LogP contribution is -2.43. The SMILES string of the molecule is C=CCn1cc(C(O)(c2ccc(Nc3ccc(F)cc3)c(C=N)c2)C(F)(F)F)c2ccn(C)c(=O)c21. The van der Waals surface area contributed by atoms with Gasteiger partial charge in [0.15, 0.2) is 0 Å². The van der Waals surface area contributed by atoms with Crippen LogP contribution in [0.15, 0.2) is 78.4 Å².